The monoisotopic (exact) mass is 579 g/mol. The summed E-state index contributed by atoms with van der Waals surface area (Å²) in [6.45, 7) is 11.4. The Morgan fingerprint density at radius 1 is 0.810 bits per heavy atom. The minimum atomic E-state index is -4.67. The van der Waals surface area contributed by atoms with Crippen LogP contribution in [-0.2, 0) is 25.4 Å². The number of halogens is 3. The molecule has 5 nitrogen and oxygen atoms in total. The molecular formula is C34H40F3N3O2. The molecule has 0 bridgehead atoms. The van der Waals surface area contributed by atoms with E-state index in [0.29, 0.717) is 29.7 Å². The Morgan fingerprint density at radius 3 is 2.12 bits per heavy atom. The Kier molecular flexibility index (Phi) is 12.0. The van der Waals surface area contributed by atoms with Gasteiger partial charge in [-0.25, -0.2) is 0 Å². The highest BCUT2D eigenvalue weighted by Crippen LogP contribution is 2.46. The molecule has 0 spiro atoms. The summed E-state index contributed by atoms with van der Waals surface area (Å²) in [6, 6.07) is 14.5. The van der Waals surface area contributed by atoms with E-state index in [9.17, 15) is 13.2 Å². The molecular weight excluding hydrogens is 539 g/mol. The lowest BCUT2D eigenvalue weighted by molar-refractivity contribution is -0.136. The highest BCUT2D eigenvalue weighted by molar-refractivity contribution is 5.79. The number of aromatic nitrogens is 2. The summed E-state index contributed by atoms with van der Waals surface area (Å²) in [5.74, 6) is -0.291. The first kappa shape index (κ1) is 32.7. The summed E-state index contributed by atoms with van der Waals surface area (Å²) >= 11 is 0. The minimum Gasteiger partial charge on any atom is -0.355 e. The maximum absolute atomic E-state index is 14.2. The highest BCUT2D eigenvalue weighted by atomic mass is 19.4. The van der Waals surface area contributed by atoms with Crippen molar-refractivity contribution in [2.45, 2.75) is 72.4 Å². The van der Waals surface area contributed by atoms with Crippen LogP contribution in [0.1, 0.15) is 69.2 Å². The smallest absolute Gasteiger partial charge is 0.355 e. The lowest BCUT2D eigenvalue weighted by Crippen LogP contribution is -2.31. The van der Waals surface area contributed by atoms with E-state index in [2.05, 4.69) is 40.2 Å². The average molecular weight is 580 g/mol. The zero-order chi connectivity index (χ0) is 30.7. The van der Waals surface area contributed by atoms with Crippen LogP contribution in [-0.4, -0.2) is 34.8 Å². The largest absolute Gasteiger partial charge is 0.422 e. The second-order valence-electron chi connectivity index (χ2n) is 9.58. The SMILES string of the molecule is C#C.CC.CC.FC(F)(F)c1c(-c2onc3c2CCc2cc(CCN4CCCCC4)ccc2-3)noc1-c1ccccc1. The fraction of sp³-hybridized carbons (Fsp3) is 0.412. The highest BCUT2D eigenvalue weighted by Gasteiger charge is 2.43. The third-order valence-corrected chi connectivity index (χ3v) is 7.25. The van der Waals surface area contributed by atoms with Crippen molar-refractivity contribution in [2.24, 2.45) is 0 Å². The molecule has 0 saturated carbocycles. The normalized spacial score (nSPS) is 14.1. The van der Waals surface area contributed by atoms with Crippen LogP contribution >= 0.6 is 0 Å². The standard InChI is InChI=1S/C28H26F3N3O2.2C2H6.C2H2/c29-28(30,31)23-25(33-35-26(23)19-7-3-1-4-8-19)27-22-12-10-20-17-18(9-11-21(20)24(22)32-36-27)13-16-34-14-5-2-6-15-34;3*1-2/h1,3-4,7-9,11,17H,2,5-6,10,12-16H2;2*1-2H3;1-2H. The third-order valence-electron chi connectivity index (χ3n) is 7.25. The van der Waals surface area contributed by atoms with Gasteiger partial charge in [-0.2, -0.15) is 13.2 Å². The van der Waals surface area contributed by atoms with Crippen LogP contribution in [0, 0.1) is 12.8 Å². The Hall–Kier alpha value is -3.83. The molecule has 2 aliphatic rings. The molecule has 42 heavy (non-hydrogen) atoms. The minimum absolute atomic E-state index is 0.0306. The van der Waals surface area contributed by atoms with Gasteiger partial charge >= 0.3 is 6.18 Å². The topological polar surface area (TPSA) is 55.3 Å². The van der Waals surface area contributed by atoms with E-state index in [1.165, 1.54) is 37.9 Å². The van der Waals surface area contributed by atoms with Gasteiger partial charge in [-0.3, -0.25) is 0 Å². The first-order chi connectivity index (χ1) is 20.5. The number of aryl methyl sites for hydroxylation is 1. The number of likely N-dealkylation sites (tertiary alicyclic amines) is 1. The number of hydrogen-bond donors (Lipinski definition) is 0. The van der Waals surface area contributed by atoms with Crippen LogP contribution in [0.15, 0.2) is 57.6 Å². The molecule has 6 rings (SSSR count). The first-order valence-corrected chi connectivity index (χ1v) is 14.8. The maximum atomic E-state index is 14.2. The van der Waals surface area contributed by atoms with E-state index in [1.54, 1.807) is 30.3 Å². The Morgan fingerprint density at radius 2 is 1.45 bits per heavy atom. The maximum Gasteiger partial charge on any atom is 0.422 e. The van der Waals surface area contributed by atoms with Crippen LogP contribution in [0.4, 0.5) is 13.2 Å². The molecule has 0 unspecified atom stereocenters. The predicted octanol–water partition coefficient (Wildman–Crippen LogP) is 9.11. The summed E-state index contributed by atoms with van der Waals surface area (Å²) in [6.07, 6.45) is 9.42. The lowest BCUT2D eigenvalue weighted by atomic mass is 9.87. The summed E-state index contributed by atoms with van der Waals surface area (Å²) in [4.78, 5) is 2.52. The molecule has 2 aromatic heterocycles. The van der Waals surface area contributed by atoms with Crippen LogP contribution in [0.2, 0.25) is 0 Å². The fourth-order valence-electron chi connectivity index (χ4n) is 5.40. The van der Waals surface area contributed by atoms with Gasteiger partial charge in [0.05, 0.1) is 0 Å². The Bertz CT molecular complexity index is 1420. The summed E-state index contributed by atoms with van der Waals surface area (Å²) < 4.78 is 53.3. The molecule has 0 atom stereocenters. The van der Waals surface area contributed by atoms with Gasteiger partial charge in [0, 0.05) is 23.2 Å². The van der Waals surface area contributed by atoms with Crippen LogP contribution in [0.3, 0.4) is 0 Å². The quantitative estimate of drug-likeness (QED) is 0.221. The number of hydrogen-bond acceptors (Lipinski definition) is 5. The molecule has 1 aliphatic carbocycles. The van der Waals surface area contributed by atoms with Gasteiger partial charge in [-0.15, -0.1) is 12.8 Å². The van der Waals surface area contributed by atoms with Crippen LogP contribution < -0.4 is 0 Å². The van der Waals surface area contributed by atoms with Gasteiger partial charge in [0.2, 0.25) is 0 Å². The van der Waals surface area contributed by atoms with E-state index in [4.69, 9.17) is 9.05 Å². The van der Waals surface area contributed by atoms with Gasteiger partial charge in [0.15, 0.2) is 17.2 Å². The van der Waals surface area contributed by atoms with Gasteiger partial charge in [0.1, 0.15) is 11.3 Å². The van der Waals surface area contributed by atoms with E-state index < -0.39 is 11.7 Å². The molecule has 8 heteroatoms. The summed E-state index contributed by atoms with van der Waals surface area (Å²) in [7, 11) is 0. The molecule has 1 fully saturated rings. The van der Waals surface area contributed by atoms with E-state index in [0.717, 1.165) is 24.1 Å². The van der Waals surface area contributed by atoms with Crippen molar-refractivity contribution in [3.05, 3.63) is 70.8 Å². The lowest BCUT2D eigenvalue weighted by Gasteiger charge is -2.26. The summed E-state index contributed by atoms with van der Waals surface area (Å²) in [5.41, 5.74) is 3.58. The summed E-state index contributed by atoms with van der Waals surface area (Å²) in [5, 5.41) is 8.01. The molecule has 2 aromatic carbocycles. The van der Waals surface area contributed by atoms with E-state index >= 15 is 0 Å². The van der Waals surface area contributed by atoms with Crippen molar-refractivity contribution in [3.63, 3.8) is 0 Å². The van der Waals surface area contributed by atoms with Gasteiger partial charge in [-0.1, -0.05) is 93.0 Å². The molecule has 224 valence electrons. The predicted molar refractivity (Wildman–Crippen MR) is 162 cm³/mol. The van der Waals surface area contributed by atoms with Crippen molar-refractivity contribution >= 4 is 0 Å². The third kappa shape index (κ3) is 7.14. The number of benzene rings is 2. The van der Waals surface area contributed by atoms with Crippen molar-refractivity contribution < 1.29 is 22.2 Å². The molecule has 4 aromatic rings. The number of terminal acetylenes is 1. The average Bonchev–Trinajstić information content (AvgIpc) is 3.69. The number of piperidine rings is 1. The van der Waals surface area contributed by atoms with Gasteiger partial charge < -0.3 is 13.9 Å². The van der Waals surface area contributed by atoms with Crippen LogP contribution in [0.5, 0.6) is 0 Å². The van der Waals surface area contributed by atoms with Crippen molar-refractivity contribution in [3.8, 4) is 46.9 Å². The van der Waals surface area contributed by atoms with Crippen molar-refractivity contribution in [1.29, 1.82) is 0 Å². The number of nitrogens with zero attached hydrogens (tertiary/aromatic N) is 3. The second-order valence-corrected chi connectivity index (χ2v) is 9.58. The zero-order valence-electron chi connectivity index (χ0n) is 24.9. The Balaban J connectivity index is 0.000000760. The van der Waals surface area contributed by atoms with E-state index in [1.807, 2.05) is 33.8 Å². The Labute approximate surface area is 247 Å². The van der Waals surface area contributed by atoms with Crippen molar-refractivity contribution in [1.82, 2.24) is 15.2 Å². The van der Waals surface area contributed by atoms with Crippen molar-refractivity contribution in [2.75, 3.05) is 19.6 Å². The van der Waals surface area contributed by atoms with E-state index in [-0.39, 0.29) is 17.2 Å². The van der Waals surface area contributed by atoms with Gasteiger partial charge in [0.25, 0.3) is 0 Å². The van der Waals surface area contributed by atoms with Crippen LogP contribution in [0.25, 0.3) is 34.0 Å². The van der Waals surface area contributed by atoms with Gasteiger partial charge in [-0.05, 0) is 56.3 Å². The second kappa shape index (κ2) is 15.4. The number of alkyl halides is 3. The number of fused-ring (bicyclic) bond motifs is 3. The molecule has 1 saturated heterocycles. The molecule has 0 N–H and O–H groups in total. The first-order valence-electron chi connectivity index (χ1n) is 14.8. The molecule has 3 heterocycles. The number of rotatable bonds is 5. The molecule has 0 amide bonds. The molecule has 1 aliphatic heterocycles. The molecule has 0 radical (unpaired) electrons. The zero-order valence-corrected chi connectivity index (χ0v) is 24.9. The fourth-order valence-corrected chi connectivity index (χ4v) is 5.40.